The lowest BCUT2D eigenvalue weighted by Gasteiger charge is -2.24. The molecule has 1 heterocycles. The van der Waals surface area contributed by atoms with Gasteiger partial charge in [0, 0.05) is 25.1 Å². The maximum atomic E-state index is 13.7. The minimum absolute atomic E-state index is 0.108. The molecule has 0 N–H and O–H groups in total. The van der Waals surface area contributed by atoms with Gasteiger partial charge in [-0.05, 0) is 38.8 Å². The van der Waals surface area contributed by atoms with Crippen LogP contribution in [0.5, 0.6) is 0 Å². The van der Waals surface area contributed by atoms with Gasteiger partial charge in [0.15, 0.2) is 0 Å². The first kappa shape index (κ1) is 14.8. The van der Waals surface area contributed by atoms with Gasteiger partial charge in [-0.2, -0.15) is 0 Å². The third-order valence-electron chi connectivity index (χ3n) is 3.24. The highest BCUT2D eigenvalue weighted by molar-refractivity contribution is 5.68. The highest BCUT2D eigenvalue weighted by Gasteiger charge is 2.31. The van der Waals surface area contributed by atoms with Crippen LogP contribution in [0.2, 0.25) is 0 Å². The first-order valence-electron chi connectivity index (χ1n) is 6.69. The third kappa shape index (κ3) is 3.46. The largest absolute Gasteiger partial charge is 0.444 e. The number of likely N-dealkylation sites (tertiary alicyclic amines) is 1. The van der Waals surface area contributed by atoms with E-state index in [2.05, 4.69) is 0 Å². The molecule has 1 aromatic carbocycles. The van der Waals surface area contributed by atoms with Crippen molar-refractivity contribution in [1.82, 2.24) is 4.90 Å². The summed E-state index contributed by atoms with van der Waals surface area (Å²) >= 11 is 0. The summed E-state index contributed by atoms with van der Waals surface area (Å²) in [6, 6.07) is 3.58. The summed E-state index contributed by atoms with van der Waals surface area (Å²) < 4.78 is 31.9. The predicted octanol–water partition coefficient (Wildman–Crippen LogP) is 3.69. The van der Waals surface area contributed by atoms with Gasteiger partial charge in [-0.15, -0.1) is 0 Å². The zero-order valence-electron chi connectivity index (χ0n) is 12.0. The Balaban J connectivity index is 2.03. The van der Waals surface area contributed by atoms with E-state index in [1.807, 2.05) is 0 Å². The van der Waals surface area contributed by atoms with Gasteiger partial charge >= 0.3 is 6.09 Å². The summed E-state index contributed by atoms with van der Waals surface area (Å²) in [5, 5.41) is 0. The average Bonchev–Trinajstić information content (AvgIpc) is 2.75. The molecular formula is C15H19F2NO2. The minimum atomic E-state index is -0.590. The van der Waals surface area contributed by atoms with E-state index >= 15 is 0 Å². The Morgan fingerprint density at radius 2 is 2.05 bits per heavy atom. The number of carbonyl (C=O) groups is 1. The van der Waals surface area contributed by atoms with Crippen LogP contribution in [-0.4, -0.2) is 29.7 Å². The molecule has 1 fully saturated rings. The summed E-state index contributed by atoms with van der Waals surface area (Å²) in [6.07, 6.45) is 0.268. The first-order chi connectivity index (χ1) is 9.26. The SMILES string of the molecule is CC(C)(C)OC(=O)N1CCC(c2ccc(F)cc2F)C1. The van der Waals surface area contributed by atoms with Crippen molar-refractivity contribution < 1.29 is 18.3 Å². The maximum absolute atomic E-state index is 13.7. The molecular weight excluding hydrogens is 264 g/mol. The smallest absolute Gasteiger partial charge is 0.410 e. The zero-order valence-corrected chi connectivity index (χ0v) is 12.0. The number of carbonyl (C=O) groups excluding carboxylic acids is 1. The molecule has 1 atom stereocenters. The van der Waals surface area contributed by atoms with Crippen LogP contribution < -0.4 is 0 Å². The van der Waals surface area contributed by atoms with Gasteiger partial charge in [0.1, 0.15) is 17.2 Å². The molecule has 1 unspecified atom stereocenters. The summed E-state index contributed by atoms with van der Waals surface area (Å²) in [5.41, 5.74) is -0.0894. The summed E-state index contributed by atoms with van der Waals surface area (Å²) in [6.45, 7) is 6.34. The number of amides is 1. The molecule has 2 rings (SSSR count). The molecule has 20 heavy (non-hydrogen) atoms. The van der Waals surface area contributed by atoms with Crippen molar-refractivity contribution in [3.05, 3.63) is 35.4 Å². The van der Waals surface area contributed by atoms with Crippen LogP contribution in [0.25, 0.3) is 0 Å². The summed E-state index contributed by atoms with van der Waals surface area (Å²) in [5.74, 6) is -1.25. The predicted molar refractivity (Wildman–Crippen MR) is 71.5 cm³/mol. The van der Waals surface area contributed by atoms with Crippen molar-refractivity contribution >= 4 is 6.09 Å². The Labute approximate surface area is 117 Å². The fourth-order valence-electron chi connectivity index (χ4n) is 2.34. The lowest BCUT2D eigenvalue weighted by atomic mass is 9.98. The van der Waals surface area contributed by atoms with E-state index in [1.54, 1.807) is 25.7 Å². The second kappa shape index (κ2) is 5.38. The number of rotatable bonds is 1. The van der Waals surface area contributed by atoms with Crippen molar-refractivity contribution in [2.45, 2.75) is 38.7 Å². The van der Waals surface area contributed by atoms with Crippen molar-refractivity contribution in [3.8, 4) is 0 Å². The van der Waals surface area contributed by atoms with Crippen LogP contribution in [0.4, 0.5) is 13.6 Å². The second-order valence-corrected chi connectivity index (χ2v) is 6.08. The standard InChI is InChI=1S/C15H19F2NO2/c1-15(2,3)20-14(19)18-7-6-10(9-18)12-5-4-11(16)8-13(12)17/h4-5,8,10H,6-7,9H2,1-3H3. The highest BCUT2D eigenvalue weighted by atomic mass is 19.1. The molecule has 3 nitrogen and oxygen atoms in total. The lowest BCUT2D eigenvalue weighted by molar-refractivity contribution is 0.0292. The second-order valence-electron chi connectivity index (χ2n) is 6.08. The fraction of sp³-hybridized carbons (Fsp3) is 0.533. The molecule has 5 heteroatoms. The van der Waals surface area contributed by atoms with E-state index in [0.717, 1.165) is 6.07 Å². The quantitative estimate of drug-likeness (QED) is 0.786. The number of nitrogens with zero attached hydrogens (tertiary/aromatic N) is 1. The monoisotopic (exact) mass is 283 g/mol. The van der Waals surface area contributed by atoms with Gasteiger partial charge in [0.2, 0.25) is 0 Å². The van der Waals surface area contributed by atoms with Crippen LogP contribution in [0, 0.1) is 11.6 Å². The van der Waals surface area contributed by atoms with E-state index in [0.29, 0.717) is 25.1 Å². The Morgan fingerprint density at radius 1 is 1.35 bits per heavy atom. The molecule has 1 aromatic rings. The van der Waals surface area contributed by atoms with Gasteiger partial charge in [0.05, 0.1) is 0 Å². The Hall–Kier alpha value is -1.65. The van der Waals surface area contributed by atoms with E-state index in [9.17, 15) is 13.6 Å². The summed E-state index contributed by atoms with van der Waals surface area (Å²) in [4.78, 5) is 13.5. The van der Waals surface area contributed by atoms with Gasteiger partial charge < -0.3 is 9.64 Å². The normalized spacial score (nSPS) is 19.2. The molecule has 1 aliphatic rings. The third-order valence-corrected chi connectivity index (χ3v) is 3.24. The van der Waals surface area contributed by atoms with Gasteiger partial charge in [-0.25, -0.2) is 13.6 Å². The number of hydrogen-bond donors (Lipinski definition) is 0. The fourth-order valence-corrected chi connectivity index (χ4v) is 2.34. The molecule has 1 amide bonds. The summed E-state index contributed by atoms with van der Waals surface area (Å²) in [7, 11) is 0. The van der Waals surface area contributed by atoms with Crippen LogP contribution >= 0.6 is 0 Å². The van der Waals surface area contributed by atoms with Crippen LogP contribution in [-0.2, 0) is 4.74 Å². The van der Waals surface area contributed by atoms with Crippen molar-refractivity contribution in [3.63, 3.8) is 0 Å². The van der Waals surface area contributed by atoms with E-state index in [1.165, 1.54) is 12.1 Å². The Kier molecular flexibility index (Phi) is 3.97. The van der Waals surface area contributed by atoms with Crippen molar-refractivity contribution in [2.24, 2.45) is 0 Å². The van der Waals surface area contributed by atoms with Crippen molar-refractivity contribution in [2.75, 3.05) is 13.1 Å². The number of ether oxygens (including phenoxy) is 1. The topological polar surface area (TPSA) is 29.5 Å². The highest BCUT2D eigenvalue weighted by Crippen LogP contribution is 2.30. The number of benzene rings is 1. The minimum Gasteiger partial charge on any atom is -0.444 e. The van der Waals surface area contributed by atoms with Crippen LogP contribution in [0.3, 0.4) is 0 Å². The molecule has 0 aromatic heterocycles. The molecule has 0 saturated carbocycles. The molecule has 110 valence electrons. The van der Waals surface area contributed by atoms with Gasteiger partial charge in [-0.3, -0.25) is 0 Å². The van der Waals surface area contributed by atoms with Gasteiger partial charge in [0.25, 0.3) is 0 Å². The van der Waals surface area contributed by atoms with Gasteiger partial charge in [-0.1, -0.05) is 6.07 Å². The number of halogens is 2. The molecule has 0 bridgehead atoms. The molecule has 1 saturated heterocycles. The first-order valence-corrected chi connectivity index (χ1v) is 6.69. The average molecular weight is 283 g/mol. The van der Waals surface area contributed by atoms with Crippen LogP contribution in [0.15, 0.2) is 18.2 Å². The number of hydrogen-bond acceptors (Lipinski definition) is 2. The van der Waals surface area contributed by atoms with Crippen LogP contribution in [0.1, 0.15) is 38.7 Å². The molecule has 0 radical (unpaired) electrons. The molecule has 0 aliphatic carbocycles. The Morgan fingerprint density at radius 3 is 2.65 bits per heavy atom. The Bertz CT molecular complexity index is 511. The zero-order chi connectivity index (χ0) is 14.9. The molecule has 0 spiro atoms. The van der Waals surface area contributed by atoms with E-state index in [-0.39, 0.29) is 12.0 Å². The van der Waals surface area contributed by atoms with E-state index < -0.39 is 17.2 Å². The van der Waals surface area contributed by atoms with Crippen molar-refractivity contribution in [1.29, 1.82) is 0 Å². The van der Waals surface area contributed by atoms with E-state index in [4.69, 9.17) is 4.74 Å². The molecule has 1 aliphatic heterocycles. The lowest BCUT2D eigenvalue weighted by Crippen LogP contribution is -2.35. The maximum Gasteiger partial charge on any atom is 0.410 e.